The first-order valence-electron chi connectivity index (χ1n) is 9.09. The molecule has 1 aromatic heterocycles. The van der Waals surface area contributed by atoms with Gasteiger partial charge in [0.1, 0.15) is 12.7 Å². The van der Waals surface area contributed by atoms with E-state index in [9.17, 15) is 4.79 Å². The van der Waals surface area contributed by atoms with Gasteiger partial charge in [0.05, 0.1) is 0 Å². The Hall–Kier alpha value is -3.21. The summed E-state index contributed by atoms with van der Waals surface area (Å²) in [6.45, 7) is 5.54. The molecule has 0 spiro atoms. The normalized spacial score (nSPS) is 11.2. The number of carbonyl (C=O) groups excluding carboxylic acids is 1. The van der Waals surface area contributed by atoms with Crippen LogP contribution in [-0.4, -0.2) is 38.7 Å². The molecule has 5 heteroatoms. The number of carbonyl (C=O) groups is 1. The van der Waals surface area contributed by atoms with Crippen molar-refractivity contribution < 1.29 is 4.79 Å². The molecule has 138 valence electrons. The molecule has 0 fully saturated rings. The number of nitrogens with zero attached hydrogens (tertiary/aromatic N) is 4. The summed E-state index contributed by atoms with van der Waals surface area (Å²) in [6, 6.07) is 17.6. The molecule has 0 aliphatic carbocycles. The van der Waals surface area contributed by atoms with E-state index in [0.29, 0.717) is 24.6 Å². The van der Waals surface area contributed by atoms with Gasteiger partial charge in [-0.2, -0.15) is 0 Å². The molecule has 0 radical (unpaired) electrons. The fraction of sp³-hybridized carbons (Fsp3) is 0.227. The lowest BCUT2D eigenvalue weighted by Gasteiger charge is -2.23. The maximum atomic E-state index is 13.0. The van der Waals surface area contributed by atoms with Gasteiger partial charge >= 0.3 is 0 Å². The Morgan fingerprint density at radius 1 is 1.04 bits per heavy atom. The van der Waals surface area contributed by atoms with Crippen molar-refractivity contribution in [1.29, 1.82) is 0 Å². The van der Waals surface area contributed by atoms with Crippen LogP contribution >= 0.6 is 0 Å². The third-order valence-electron chi connectivity index (χ3n) is 4.14. The lowest BCUT2D eigenvalue weighted by molar-refractivity contribution is 0.0756. The number of aromatic nitrogens is 3. The fourth-order valence-corrected chi connectivity index (χ4v) is 2.85. The van der Waals surface area contributed by atoms with Crippen molar-refractivity contribution in [3.63, 3.8) is 0 Å². The van der Waals surface area contributed by atoms with Crippen LogP contribution in [0.3, 0.4) is 0 Å². The first kappa shape index (κ1) is 18.6. The molecule has 0 aliphatic rings. The Kier molecular flexibility index (Phi) is 6.15. The number of rotatable bonds is 7. The molecule has 1 amide bonds. The third-order valence-corrected chi connectivity index (χ3v) is 4.14. The maximum Gasteiger partial charge on any atom is 0.254 e. The summed E-state index contributed by atoms with van der Waals surface area (Å²) in [6.07, 6.45) is 7.36. The molecular formula is C22H24N4O. The molecule has 0 saturated carbocycles. The van der Waals surface area contributed by atoms with Crippen LogP contribution in [0.25, 0.3) is 11.8 Å². The Labute approximate surface area is 160 Å². The van der Waals surface area contributed by atoms with Gasteiger partial charge in [-0.05, 0) is 35.7 Å². The molecular weight excluding hydrogens is 336 g/mol. The van der Waals surface area contributed by atoms with Gasteiger partial charge in [-0.25, -0.2) is 0 Å². The third kappa shape index (κ3) is 5.14. The van der Waals surface area contributed by atoms with Crippen molar-refractivity contribution in [3.05, 3.63) is 84.5 Å². The quantitative estimate of drug-likeness (QED) is 0.638. The van der Waals surface area contributed by atoms with Gasteiger partial charge in [-0.15, -0.1) is 10.2 Å². The monoisotopic (exact) mass is 360 g/mol. The summed E-state index contributed by atoms with van der Waals surface area (Å²) in [5.41, 5.74) is 2.74. The van der Waals surface area contributed by atoms with Gasteiger partial charge in [0.2, 0.25) is 0 Å². The molecule has 0 saturated heterocycles. The van der Waals surface area contributed by atoms with Crippen LogP contribution in [0, 0.1) is 5.92 Å². The van der Waals surface area contributed by atoms with Crippen LogP contribution in [0.5, 0.6) is 0 Å². The Bertz CT molecular complexity index is 868. The smallest absolute Gasteiger partial charge is 0.254 e. The van der Waals surface area contributed by atoms with E-state index in [1.54, 1.807) is 12.7 Å². The highest BCUT2D eigenvalue weighted by molar-refractivity contribution is 5.94. The predicted molar refractivity (Wildman–Crippen MR) is 108 cm³/mol. The van der Waals surface area contributed by atoms with Gasteiger partial charge in [0.25, 0.3) is 5.91 Å². The van der Waals surface area contributed by atoms with Crippen LogP contribution in [0.2, 0.25) is 0 Å². The summed E-state index contributed by atoms with van der Waals surface area (Å²) < 4.78 is 1.81. The largest absolute Gasteiger partial charge is 0.335 e. The summed E-state index contributed by atoms with van der Waals surface area (Å²) in [7, 11) is 0. The highest BCUT2D eigenvalue weighted by Gasteiger charge is 2.16. The van der Waals surface area contributed by atoms with E-state index in [0.717, 1.165) is 11.3 Å². The summed E-state index contributed by atoms with van der Waals surface area (Å²) >= 11 is 0. The summed E-state index contributed by atoms with van der Waals surface area (Å²) in [4.78, 5) is 14.9. The molecule has 0 N–H and O–H groups in total. The second kappa shape index (κ2) is 8.94. The molecule has 0 atom stereocenters. The highest BCUT2D eigenvalue weighted by Crippen LogP contribution is 2.13. The van der Waals surface area contributed by atoms with Gasteiger partial charge in [-0.3, -0.25) is 9.36 Å². The van der Waals surface area contributed by atoms with Crippen molar-refractivity contribution in [3.8, 4) is 5.69 Å². The van der Waals surface area contributed by atoms with Crippen LogP contribution in [0.15, 0.2) is 73.3 Å². The van der Waals surface area contributed by atoms with Crippen LogP contribution in [0.1, 0.15) is 29.8 Å². The topological polar surface area (TPSA) is 51.0 Å². The summed E-state index contributed by atoms with van der Waals surface area (Å²) in [5, 5.41) is 7.61. The van der Waals surface area contributed by atoms with E-state index < -0.39 is 0 Å². The molecule has 2 aromatic carbocycles. The van der Waals surface area contributed by atoms with Crippen LogP contribution in [-0.2, 0) is 0 Å². The molecule has 3 rings (SSSR count). The summed E-state index contributed by atoms with van der Waals surface area (Å²) in [5.74, 6) is 0.437. The van der Waals surface area contributed by atoms with Gasteiger partial charge in [0.15, 0.2) is 0 Å². The minimum absolute atomic E-state index is 0.0386. The average molecular weight is 360 g/mol. The standard InChI is InChI=1S/C22H24N4O/c1-18(2)15-25(14-6-9-19-7-4-3-5-8-19)22(27)20-10-12-21(13-11-20)26-16-23-24-17-26/h3-13,16-18H,14-15H2,1-2H3. The zero-order chi connectivity index (χ0) is 19.1. The van der Waals surface area contributed by atoms with Crippen molar-refractivity contribution in [1.82, 2.24) is 19.7 Å². The van der Waals surface area contributed by atoms with Gasteiger partial charge < -0.3 is 4.90 Å². The predicted octanol–water partition coefficient (Wildman–Crippen LogP) is 4.08. The second-order valence-electron chi connectivity index (χ2n) is 6.83. The molecule has 0 aliphatic heterocycles. The molecule has 3 aromatic rings. The Morgan fingerprint density at radius 3 is 2.33 bits per heavy atom. The van der Waals surface area contributed by atoms with Gasteiger partial charge in [-0.1, -0.05) is 56.3 Å². The van der Waals surface area contributed by atoms with Crippen LogP contribution in [0.4, 0.5) is 0 Å². The van der Waals surface area contributed by atoms with Crippen molar-refractivity contribution in [2.24, 2.45) is 5.92 Å². The Balaban J connectivity index is 1.71. The number of amides is 1. The van der Waals surface area contributed by atoms with Crippen molar-refractivity contribution >= 4 is 12.0 Å². The van der Waals surface area contributed by atoms with E-state index in [2.05, 4.69) is 42.3 Å². The van der Waals surface area contributed by atoms with E-state index >= 15 is 0 Å². The molecule has 0 bridgehead atoms. The SMILES string of the molecule is CC(C)CN(CC=Cc1ccccc1)C(=O)c1ccc(-n2cnnc2)cc1. The maximum absolute atomic E-state index is 13.0. The molecule has 5 nitrogen and oxygen atoms in total. The minimum Gasteiger partial charge on any atom is -0.335 e. The fourth-order valence-electron chi connectivity index (χ4n) is 2.85. The van der Waals surface area contributed by atoms with E-state index in [1.807, 2.05) is 58.0 Å². The highest BCUT2D eigenvalue weighted by atomic mass is 16.2. The van der Waals surface area contributed by atoms with Crippen molar-refractivity contribution in [2.45, 2.75) is 13.8 Å². The molecule has 1 heterocycles. The van der Waals surface area contributed by atoms with Crippen molar-refractivity contribution in [2.75, 3.05) is 13.1 Å². The van der Waals surface area contributed by atoms with Gasteiger partial charge in [0, 0.05) is 24.3 Å². The number of benzene rings is 2. The Morgan fingerprint density at radius 2 is 1.70 bits per heavy atom. The lowest BCUT2D eigenvalue weighted by atomic mass is 10.1. The van der Waals surface area contributed by atoms with E-state index in [4.69, 9.17) is 0 Å². The second-order valence-corrected chi connectivity index (χ2v) is 6.83. The minimum atomic E-state index is 0.0386. The number of hydrogen-bond acceptors (Lipinski definition) is 3. The first-order chi connectivity index (χ1) is 13.1. The zero-order valence-corrected chi connectivity index (χ0v) is 15.7. The molecule has 0 unspecified atom stereocenters. The molecule has 27 heavy (non-hydrogen) atoms. The average Bonchev–Trinajstić information content (AvgIpc) is 3.22. The van der Waals surface area contributed by atoms with Crippen LogP contribution < -0.4 is 0 Å². The van der Waals surface area contributed by atoms with E-state index in [-0.39, 0.29) is 5.91 Å². The number of hydrogen-bond donors (Lipinski definition) is 0. The zero-order valence-electron chi connectivity index (χ0n) is 15.7. The van der Waals surface area contributed by atoms with E-state index in [1.165, 1.54) is 0 Å². The first-order valence-corrected chi connectivity index (χ1v) is 9.09. The lowest BCUT2D eigenvalue weighted by Crippen LogP contribution is -2.34.